The van der Waals surface area contributed by atoms with Crippen molar-refractivity contribution in [1.82, 2.24) is 0 Å². The number of hydrogen-bond donors (Lipinski definition) is 1. The van der Waals surface area contributed by atoms with Gasteiger partial charge in [-0.15, -0.1) is 11.3 Å². The first-order valence-corrected chi connectivity index (χ1v) is 8.93. The van der Waals surface area contributed by atoms with Gasteiger partial charge in [0.05, 0.1) is 12.8 Å². The summed E-state index contributed by atoms with van der Waals surface area (Å²) in [6.45, 7) is 0.240. The van der Waals surface area contributed by atoms with Crippen LogP contribution in [-0.2, 0) is 6.54 Å². The molecule has 1 atom stereocenters. The lowest BCUT2D eigenvalue weighted by atomic mass is 10.1. The molecule has 0 aliphatic carbocycles. The number of thiophene rings is 1. The zero-order valence-corrected chi connectivity index (χ0v) is 14.8. The van der Waals surface area contributed by atoms with Crippen LogP contribution in [0.3, 0.4) is 0 Å². The van der Waals surface area contributed by atoms with E-state index in [9.17, 15) is 9.18 Å². The molecule has 4 rings (SSSR count). The number of benzene rings is 2. The van der Waals surface area contributed by atoms with Crippen molar-refractivity contribution in [2.45, 2.75) is 6.54 Å². The topological polar surface area (TPSA) is 43.1 Å². The molecule has 0 radical (unpaired) electrons. The standard InChI is InChI=1S/C20H15FN2O2S/c1-25-15-8-6-13(7-9-15)18-10-17-19(26-18)20(24)23(12-22-17)11-14-4-2-3-5-16(14)21/h2-10,12H,11H2,1H3/p+1. The van der Waals surface area contributed by atoms with Crippen molar-refractivity contribution in [2.24, 2.45) is 4.99 Å². The van der Waals surface area contributed by atoms with Crippen LogP contribution in [0.1, 0.15) is 15.2 Å². The number of ether oxygens (including phenoxy) is 1. The van der Waals surface area contributed by atoms with Crippen LogP contribution in [0.4, 0.5) is 10.1 Å². The molecule has 0 bridgehead atoms. The van der Waals surface area contributed by atoms with Crippen LogP contribution >= 0.6 is 11.3 Å². The minimum atomic E-state index is -0.308. The van der Waals surface area contributed by atoms with Gasteiger partial charge >= 0.3 is 5.91 Å². The Hall–Kier alpha value is -2.83. The van der Waals surface area contributed by atoms with Crippen LogP contribution in [0, 0.1) is 5.82 Å². The van der Waals surface area contributed by atoms with Crippen molar-refractivity contribution in [1.29, 1.82) is 0 Å². The molecule has 0 saturated heterocycles. The van der Waals surface area contributed by atoms with E-state index >= 15 is 0 Å². The van der Waals surface area contributed by atoms with Gasteiger partial charge in [0.25, 0.3) is 0 Å². The van der Waals surface area contributed by atoms with Gasteiger partial charge in [0.1, 0.15) is 18.1 Å². The average molecular weight is 367 g/mol. The third-order valence-electron chi connectivity index (χ3n) is 4.28. The number of carbonyl (C=O) groups excluding carboxylic acids is 1. The summed E-state index contributed by atoms with van der Waals surface area (Å²) in [5, 5.41) is 0. The molecule has 26 heavy (non-hydrogen) atoms. The summed E-state index contributed by atoms with van der Waals surface area (Å²) >= 11 is 1.41. The minimum absolute atomic E-state index is 0.0805. The number of methoxy groups -OCH3 is 1. The number of nitrogens with zero attached hydrogens (tertiary/aromatic N) is 1. The summed E-state index contributed by atoms with van der Waals surface area (Å²) in [6, 6.07) is 16.1. The van der Waals surface area contributed by atoms with Crippen molar-refractivity contribution in [3.8, 4) is 16.2 Å². The fourth-order valence-corrected chi connectivity index (χ4v) is 3.95. The Morgan fingerprint density at radius 1 is 1.15 bits per heavy atom. The average Bonchev–Trinajstić information content (AvgIpc) is 3.11. The Balaban J connectivity index is 1.60. The third kappa shape index (κ3) is 3.05. The molecule has 130 valence electrons. The third-order valence-corrected chi connectivity index (χ3v) is 5.46. The second-order valence-electron chi connectivity index (χ2n) is 5.93. The number of aliphatic imine (C=N–C) groups is 1. The Kier molecular flexibility index (Phi) is 4.36. The molecule has 1 aliphatic heterocycles. The molecule has 0 spiro atoms. The van der Waals surface area contributed by atoms with Gasteiger partial charge in [-0.3, -0.25) is 0 Å². The molecule has 6 heteroatoms. The molecule has 1 N–H and O–H groups in total. The van der Waals surface area contributed by atoms with E-state index in [1.54, 1.807) is 31.6 Å². The Labute approximate surface area is 154 Å². The van der Waals surface area contributed by atoms with Crippen molar-refractivity contribution in [2.75, 3.05) is 7.11 Å². The van der Waals surface area contributed by atoms with Gasteiger partial charge in [0, 0.05) is 10.4 Å². The zero-order chi connectivity index (χ0) is 18.1. The van der Waals surface area contributed by atoms with E-state index in [4.69, 9.17) is 4.74 Å². The predicted octanol–water partition coefficient (Wildman–Crippen LogP) is 3.46. The second-order valence-corrected chi connectivity index (χ2v) is 6.99. The summed E-state index contributed by atoms with van der Waals surface area (Å²) in [4.78, 5) is 19.3. The quantitative estimate of drug-likeness (QED) is 0.767. The molecule has 4 nitrogen and oxygen atoms in total. The fraction of sp³-hybridized carbons (Fsp3) is 0.100. The number of carbonyl (C=O) groups is 1. The first kappa shape index (κ1) is 16.6. The van der Waals surface area contributed by atoms with Crippen LogP contribution in [0.25, 0.3) is 10.4 Å². The van der Waals surface area contributed by atoms with Gasteiger partial charge in [-0.05, 0) is 42.0 Å². The van der Waals surface area contributed by atoms with Crippen LogP contribution in [0.2, 0.25) is 0 Å². The second kappa shape index (κ2) is 6.82. The highest BCUT2D eigenvalue weighted by atomic mass is 32.1. The largest absolute Gasteiger partial charge is 0.497 e. The maximum atomic E-state index is 13.9. The normalized spacial score (nSPS) is 15.8. The molecule has 1 aliphatic rings. The molecule has 1 aromatic heterocycles. The van der Waals surface area contributed by atoms with Gasteiger partial charge in [-0.1, -0.05) is 18.2 Å². The molecule has 0 fully saturated rings. The molecule has 1 unspecified atom stereocenters. The molecular formula is C20H16FN2O2S+. The zero-order valence-electron chi connectivity index (χ0n) is 14.0. The summed E-state index contributed by atoms with van der Waals surface area (Å²) in [5.74, 6) is 0.393. The lowest BCUT2D eigenvalue weighted by Crippen LogP contribution is -3.12. The van der Waals surface area contributed by atoms with E-state index in [0.717, 1.165) is 16.2 Å². The van der Waals surface area contributed by atoms with E-state index in [1.165, 1.54) is 17.4 Å². The fourth-order valence-electron chi connectivity index (χ4n) is 2.86. The van der Waals surface area contributed by atoms with Gasteiger partial charge in [0.15, 0.2) is 11.2 Å². The molecule has 0 saturated carbocycles. The molecule has 3 aromatic rings. The van der Waals surface area contributed by atoms with Gasteiger partial charge in [0.2, 0.25) is 0 Å². The maximum Gasteiger partial charge on any atom is 0.362 e. The summed E-state index contributed by atoms with van der Waals surface area (Å²) in [6.07, 6.45) is 1.56. The highest BCUT2D eigenvalue weighted by Crippen LogP contribution is 2.37. The highest BCUT2D eigenvalue weighted by Gasteiger charge is 2.30. The van der Waals surface area contributed by atoms with Crippen molar-refractivity contribution < 1.29 is 18.8 Å². The number of amides is 1. The van der Waals surface area contributed by atoms with E-state index in [1.807, 2.05) is 30.3 Å². The van der Waals surface area contributed by atoms with Crippen molar-refractivity contribution in [3.05, 3.63) is 70.9 Å². The van der Waals surface area contributed by atoms with E-state index in [0.29, 0.717) is 21.0 Å². The smallest absolute Gasteiger partial charge is 0.362 e. The first-order chi connectivity index (χ1) is 12.7. The van der Waals surface area contributed by atoms with Crippen LogP contribution in [-0.4, -0.2) is 19.4 Å². The van der Waals surface area contributed by atoms with Gasteiger partial charge in [-0.2, -0.15) is 0 Å². The highest BCUT2D eigenvalue weighted by molar-refractivity contribution is 7.18. The predicted molar refractivity (Wildman–Crippen MR) is 99.9 cm³/mol. The van der Waals surface area contributed by atoms with Crippen molar-refractivity contribution in [3.63, 3.8) is 0 Å². The molecule has 2 heterocycles. The van der Waals surface area contributed by atoms with E-state index in [2.05, 4.69) is 4.99 Å². The number of hydrogen-bond acceptors (Lipinski definition) is 4. The number of nitrogens with one attached hydrogen (secondary N) is 1. The number of fused-ring (bicyclic) bond motifs is 1. The lowest BCUT2D eigenvalue weighted by Gasteiger charge is -2.14. The Morgan fingerprint density at radius 3 is 2.65 bits per heavy atom. The van der Waals surface area contributed by atoms with Crippen molar-refractivity contribution >= 4 is 29.3 Å². The van der Waals surface area contributed by atoms with Gasteiger partial charge < -0.3 is 4.74 Å². The Morgan fingerprint density at radius 2 is 1.92 bits per heavy atom. The number of rotatable bonds is 4. The SMILES string of the molecule is COc1ccc(-c2cc3c(s2)C(=O)[NH+](Cc2ccccc2F)C=N3)cc1. The van der Waals surface area contributed by atoms with Gasteiger partial charge in [-0.25, -0.2) is 19.1 Å². The van der Waals surface area contributed by atoms with E-state index in [-0.39, 0.29) is 18.3 Å². The monoisotopic (exact) mass is 367 g/mol. The van der Waals surface area contributed by atoms with Crippen LogP contribution in [0.15, 0.2) is 59.6 Å². The van der Waals surface area contributed by atoms with Crippen LogP contribution < -0.4 is 9.64 Å². The Bertz CT molecular complexity index is 995. The minimum Gasteiger partial charge on any atom is -0.497 e. The van der Waals surface area contributed by atoms with E-state index < -0.39 is 0 Å². The number of halogens is 1. The summed E-state index contributed by atoms with van der Waals surface area (Å²) in [7, 11) is 1.62. The number of quaternary nitrogens is 1. The first-order valence-electron chi connectivity index (χ1n) is 8.12. The molecular weight excluding hydrogens is 351 g/mol. The molecule has 1 amide bonds. The molecule has 2 aromatic carbocycles. The van der Waals surface area contributed by atoms with Crippen LogP contribution in [0.5, 0.6) is 5.75 Å². The lowest BCUT2D eigenvalue weighted by molar-refractivity contribution is -0.721. The summed E-state index contributed by atoms with van der Waals surface area (Å²) in [5.41, 5.74) is 2.17. The maximum absolute atomic E-state index is 13.9. The summed E-state index contributed by atoms with van der Waals surface area (Å²) < 4.78 is 19.1.